The van der Waals surface area contributed by atoms with Crippen LogP contribution in [0.15, 0.2) is 17.1 Å². The number of fused-ring (bicyclic) bond motifs is 1. The summed E-state index contributed by atoms with van der Waals surface area (Å²) in [7, 11) is 0. The maximum atomic E-state index is 11.4. The lowest BCUT2D eigenvalue weighted by atomic mass is 9.93. The summed E-state index contributed by atoms with van der Waals surface area (Å²) in [6, 6.07) is 1.73. The molecule has 0 saturated carbocycles. The molecule has 74 valence electrons. The quantitative estimate of drug-likeness (QED) is 0.681. The number of rotatable bonds is 1. The molecule has 2 rings (SSSR count). The Bertz CT molecular complexity index is 449. The van der Waals surface area contributed by atoms with Gasteiger partial charge in [-0.1, -0.05) is 6.92 Å². The largest absolute Gasteiger partial charge is 0.451 e. The summed E-state index contributed by atoms with van der Waals surface area (Å²) in [6.07, 6.45) is 2.20. The molecule has 0 saturated heterocycles. The molecule has 1 atom stereocenters. The van der Waals surface area contributed by atoms with E-state index in [1.807, 2.05) is 13.8 Å². The number of esters is 1. The summed E-state index contributed by atoms with van der Waals surface area (Å²) in [5.41, 5.74) is -0.170. The van der Waals surface area contributed by atoms with E-state index in [0.717, 1.165) is 0 Å². The zero-order chi connectivity index (χ0) is 10.3. The Labute approximate surface area is 80.9 Å². The van der Waals surface area contributed by atoms with Crippen LogP contribution in [0.2, 0.25) is 0 Å². The number of cyclic esters (lactones) is 1. The molecule has 4 heteroatoms. The molecule has 2 heterocycles. The molecule has 1 aliphatic heterocycles. The molecule has 14 heavy (non-hydrogen) atoms. The number of aromatic nitrogens is 1. The van der Waals surface area contributed by atoms with Gasteiger partial charge in [-0.3, -0.25) is 4.79 Å². The first-order valence-electron chi connectivity index (χ1n) is 4.54. The number of nitrogens with one attached hydrogen (secondary N) is 1. The van der Waals surface area contributed by atoms with Crippen LogP contribution < -0.4 is 5.56 Å². The Kier molecular flexibility index (Phi) is 1.74. The van der Waals surface area contributed by atoms with Crippen molar-refractivity contribution in [2.75, 3.05) is 0 Å². The van der Waals surface area contributed by atoms with Crippen LogP contribution in [0.3, 0.4) is 0 Å². The first-order chi connectivity index (χ1) is 6.58. The SMILES string of the molecule is CCC1(C)OC(=O)c2c1cc[nH]c2=O. The highest BCUT2D eigenvalue weighted by Gasteiger charge is 2.41. The molecule has 0 radical (unpaired) electrons. The van der Waals surface area contributed by atoms with E-state index < -0.39 is 11.6 Å². The molecule has 4 nitrogen and oxygen atoms in total. The number of hydrogen-bond acceptors (Lipinski definition) is 3. The summed E-state index contributed by atoms with van der Waals surface area (Å²) < 4.78 is 5.19. The minimum absolute atomic E-state index is 0.150. The lowest BCUT2D eigenvalue weighted by Gasteiger charge is -2.21. The highest BCUT2D eigenvalue weighted by Crippen LogP contribution is 2.36. The molecule has 0 amide bonds. The molecule has 0 aromatic carbocycles. The third-order valence-electron chi connectivity index (χ3n) is 2.73. The number of hydrogen-bond donors (Lipinski definition) is 1. The predicted octanol–water partition coefficient (Wildman–Crippen LogP) is 1.17. The van der Waals surface area contributed by atoms with Crippen LogP contribution in [-0.4, -0.2) is 11.0 Å². The average Bonchev–Trinajstić information content (AvgIpc) is 2.41. The standard InChI is InChI=1S/C10H11NO3/c1-3-10(2)6-4-5-11-8(12)7(6)9(13)14-10/h4-5H,3H2,1-2H3,(H,11,12). The lowest BCUT2D eigenvalue weighted by molar-refractivity contribution is -0.000803. The number of pyridine rings is 1. The molecule has 0 bridgehead atoms. The topological polar surface area (TPSA) is 59.2 Å². The van der Waals surface area contributed by atoms with Gasteiger partial charge in [-0.2, -0.15) is 0 Å². The van der Waals surface area contributed by atoms with Crippen LogP contribution in [0.25, 0.3) is 0 Å². The van der Waals surface area contributed by atoms with Gasteiger partial charge in [0.05, 0.1) is 0 Å². The fourth-order valence-corrected chi connectivity index (χ4v) is 1.70. The van der Waals surface area contributed by atoms with Crippen molar-refractivity contribution in [3.63, 3.8) is 0 Å². The van der Waals surface area contributed by atoms with Gasteiger partial charge >= 0.3 is 5.97 Å². The van der Waals surface area contributed by atoms with E-state index in [1.165, 1.54) is 6.20 Å². The fourth-order valence-electron chi connectivity index (χ4n) is 1.70. The van der Waals surface area contributed by atoms with E-state index in [1.54, 1.807) is 6.07 Å². The van der Waals surface area contributed by atoms with Crippen molar-refractivity contribution in [2.24, 2.45) is 0 Å². The highest BCUT2D eigenvalue weighted by atomic mass is 16.6. The van der Waals surface area contributed by atoms with Crippen molar-refractivity contribution in [3.8, 4) is 0 Å². The van der Waals surface area contributed by atoms with Crippen LogP contribution in [0.1, 0.15) is 36.2 Å². The van der Waals surface area contributed by atoms with E-state index >= 15 is 0 Å². The van der Waals surface area contributed by atoms with E-state index in [2.05, 4.69) is 4.98 Å². The summed E-state index contributed by atoms with van der Waals surface area (Å²) >= 11 is 0. The Morgan fingerprint density at radius 3 is 2.86 bits per heavy atom. The second-order valence-electron chi connectivity index (χ2n) is 3.57. The number of H-pyrrole nitrogens is 1. The first kappa shape index (κ1) is 8.99. The molecule has 1 unspecified atom stereocenters. The van der Waals surface area contributed by atoms with Gasteiger partial charge in [0.15, 0.2) is 0 Å². The maximum Gasteiger partial charge on any atom is 0.345 e. The first-order valence-corrected chi connectivity index (χ1v) is 4.54. The van der Waals surface area contributed by atoms with E-state index in [-0.39, 0.29) is 11.1 Å². The zero-order valence-electron chi connectivity index (χ0n) is 8.09. The Hall–Kier alpha value is -1.58. The van der Waals surface area contributed by atoms with Crippen molar-refractivity contribution in [3.05, 3.63) is 33.7 Å². The Balaban J connectivity index is 2.73. The summed E-state index contributed by atoms with van der Waals surface area (Å²) in [6.45, 7) is 3.74. The molecule has 1 aliphatic rings. The van der Waals surface area contributed by atoms with Crippen LogP contribution in [0.4, 0.5) is 0 Å². The van der Waals surface area contributed by atoms with Crippen LogP contribution in [0.5, 0.6) is 0 Å². The lowest BCUT2D eigenvalue weighted by Crippen LogP contribution is -2.20. The molecular formula is C10H11NO3. The van der Waals surface area contributed by atoms with Crippen molar-refractivity contribution >= 4 is 5.97 Å². The molecular weight excluding hydrogens is 182 g/mol. The number of ether oxygens (including phenoxy) is 1. The van der Waals surface area contributed by atoms with Crippen molar-refractivity contribution < 1.29 is 9.53 Å². The van der Waals surface area contributed by atoms with E-state index in [4.69, 9.17) is 4.74 Å². The van der Waals surface area contributed by atoms with Gasteiger partial charge in [-0.05, 0) is 19.4 Å². The summed E-state index contributed by atoms with van der Waals surface area (Å²) in [5.74, 6) is -0.522. The molecule has 0 fully saturated rings. The number of aromatic amines is 1. The van der Waals surface area contributed by atoms with Gasteiger partial charge in [-0.15, -0.1) is 0 Å². The number of carbonyl (C=O) groups excluding carboxylic acids is 1. The smallest absolute Gasteiger partial charge is 0.345 e. The fraction of sp³-hybridized carbons (Fsp3) is 0.400. The van der Waals surface area contributed by atoms with E-state index in [0.29, 0.717) is 12.0 Å². The summed E-state index contributed by atoms with van der Waals surface area (Å²) in [4.78, 5) is 25.3. The van der Waals surface area contributed by atoms with E-state index in [9.17, 15) is 9.59 Å². The number of carbonyl (C=O) groups is 1. The van der Waals surface area contributed by atoms with Gasteiger partial charge in [-0.25, -0.2) is 4.79 Å². The van der Waals surface area contributed by atoms with Crippen molar-refractivity contribution in [1.82, 2.24) is 4.98 Å². The summed E-state index contributed by atoms with van der Waals surface area (Å²) in [5, 5.41) is 0. The van der Waals surface area contributed by atoms with Crippen LogP contribution >= 0.6 is 0 Å². The maximum absolute atomic E-state index is 11.4. The monoisotopic (exact) mass is 193 g/mol. The highest BCUT2D eigenvalue weighted by molar-refractivity contribution is 5.94. The normalized spacial score (nSPS) is 24.6. The van der Waals surface area contributed by atoms with Crippen LogP contribution in [-0.2, 0) is 10.3 Å². The molecule has 1 aromatic heterocycles. The molecule has 0 spiro atoms. The van der Waals surface area contributed by atoms with Crippen molar-refractivity contribution in [1.29, 1.82) is 0 Å². The van der Waals surface area contributed by atoms with Gasteiger partial charge in [0.2, 0.25) is 0 Å². The second kappa shape index (κ2) is 2.70. The van der Waals surface area contributed by atoms with Gasteiger partial charge in [0.1, 0.15) is 11.2 Å². The van der Waals surface area contributed by atoms with Crippen LogP contribution in [0, 0.1) is 0 Å². The minimum Gasteiger partial charge on any atom is -0.451 e. The molecule has 1 N–H and O–H groups in total. The minimum atomic E-state index is -0.638. The Morgan fingerprint density at radius 2 is 2.21 bits per heavy atom. The van der Waals surface area contributed by atoms with Crippen molar-refractivity contribution in [2.45, 2.75) is 25.9 Å². The average molecular weight is 193 g/mol. The third-order valence-corrected chi connectivity index (χ3v) is 2.73. The van der Waals surface area contributed by atoms with Gasteiger partial charge < -0.3 is 9.72 Å². The Morgan fingerprint density at radius 1 is 1.50 bits per heavy atom. The molecule has 0 aliphatic carbocycles. The predicted molar refractivity (Wildman–Crippen MR) is 50.1 cm³/mol. The molecule has 1 aromatic rings. The third kappa shape index (κ3) is 0.999. The van der Waals surface area contributed by atoms with Gasteiger partial charge in [0, 0.05) is 11.8 Å². The second-order valence-corrected chi connectivity index (χ2v) is 3.57. The van der Waals surface area contributed by atoms with Gasteiger partial charge in [0.25, 0.3) is 5.56 Å². The zero-order valence-corrected chi connectivity index (χ0v) is 8.09.